The van der Waals surface area contributed by atoms with Gasteiger partial charge in [-0.05, 0) is 25.9 Å². The number of carbonyl (C=O) groups is 1. The summed E-state index contributed by atoms with van der Waals surface area (Å²) in [5.74, 6) is -0.903. The molecular formula is C9H16BrNO2. The van der Waals surface area contributed by atoms with Crippen LogP contribution in [-0.4, -0.2) is 29.5 Å². The first-order valence-electron chi connectivity index (χ1n) is 4.43. The van der Waals surface area contributed by atoms with E-state index < -0.39 is 5.97 Å². The Morgan fingerprint density at radius 2 is 2.00 bits per heavy atom. The third kappa shape index (κ3) is 11.7. The maximum absolute atomic E-state index is 9.65. The summed E-state index contributed by atoms with van der Waals surface area (Å²) in [5, 5.41) is 11.8. The molecule has 76 valence electrons. The Hall–Kier alpha value is -0.350. The highest BCUT2D eigenvalue weighted by Crippen LogP contribution is 1.96. The van der Waals surface area contributed by atoms with Crippen molar-refractivity contribution in [1.29, 1.82) is 0 Å². The molecule has 0 aromatic heterocycles. The lowest BCUT2D eigenvalue weighted by Gasteiger charge is -2.08. The van der Waals surface area contributed by atoms with Crippen molar-refractivity contribution in [1.82, 2.24) is 5.32 Å². The van der Waals surface area contributed by atoms with Crippen LogP contribution in [0.2, 0.25) is 0 Å². The fraction of sp³-hybridized carbons (Fsp3) is 0.667. The van der Waals surface area contributed by atoms with E-state index in [1.807, 2.05) is 0 Å². The molecule has 1 fully saturated rings. The molecule has 0 radical (unpaired) electrons. The number of carboxylic acid groups (broad SMARTS) is 1. The normalized spacial score (nSPS) is 16.4. The average molecular weight is 250 g/mol. The zero-order valence-corrected chi connectivity index (χ0v) is 9.22. The molecule has 0 saturated carbocycles. The lowest BCUT2D eigenvalue weighted by atomic mass is 10.2. The first-order valence-corrected chi connectivity index (χ1v) is 5.55. The minimum Gasteiger partial charge on any atom is -0.478 e. The van der Waals surface area contributed by atoms with Crippen LogP contribution in [0.25, 0.3) is 0 Å². The number of piperidine rings is 1. The Labute approximate surface area is 87.3 Å². The Morgan fingerprint density at radius 3 is 2.15 bits per heavy atom. The summed E-state index contributed by atoms with van der Waals surface area (Å²) < 4.78 is 0. The van der Waals surface area contributed by atoms with Crippen molar-refractivity contribution >= 4 is 21.9 Å². The maximum atomic E-state index is 9.65. The van der Waals surface area contributed by atoms with Crippen LogP contribution >= 0.6 is 15.9 Å². The van der Waals surface area contributed by atoms with Gasteiger partial charge in [0.1, 0.15) is 0 Å². The van der Waals surface area contributed by atoms with E-state index in [9.17, 15) is 4.79 Å². The third-order valence-corrected chi connectivity index (χ3v) is 1.93. The molecule has 13 heavy (non-hydrogen) atoms. The quantitative estimate of drug-likeness (QED) is 0.580. The SMILES string of the molecule is C1CCNCC1.O=C(O)C=CCBr. The van der Waals surface area contributed by atoms with Crippen molar-refractivity contribution in [2.75, 3.05) is 18.4 Å². The Morgan fingerprint density at radius 1 is 1.38 bits per heavy atom. The molecule has 1 heterocycles. The number of halogens is 1. The fourth-order valence-corrected chi connectivity index (χ4v) is 1.13. The number of allylic oxidation sites excluding steroid dienone is 1. The standard InChI is InChI=1S/C5H11N.C4H5BrO2/c1-2-4-6-5-3-1;5-3-1-2-4(6)7/h6H,1-5H2;1-2H,3H2,(H,6,7). The highest BCUT2D eigenvalue weighted by Gasteiger charge is 1.93. The van der Waals surface area contributed by atoms with E-state index in [-0.39, 0.29) is 0 Å². The highest BCUT2D eigenvalue weighted by molar-refractivity contribution is 9.09. The van der Waals surface area contributed by atoms with Gasteiger partial charge < -0.3 is 10.4 Å². The van der Waals surface area contributed by atoms with E-state index in [0.29, 0.717) is 5.33 Å². The number of hydrogen-bond donors (Lipinski definition) is 2. The third-order valence-electron chi connectivity index (χ3n) is 1.56. The van der Waals surface area contributed by atoms with Gasteiger partial charge in [-0.1, -0.05) is 28.4 Å². The molecule has 0 unspecified atom stereocenters. The fourth-order valence-electron chi connectivity index (χ4n) is 0.947. The lowest BCUT2D eigenvalue weighted by Crippen LogP contribution is -2.21. The summed E-state index contributed by atoms with van der Waals surface area (Å²) in [5.41, 5.74) is 0. The molecule has 1 aliphatic heterocycles. The molecular weight excluding hydrogens is 234 g/mol. The second-order valence-corrected chi connectivity index (χ2v) is 3.35. The van der Waals surface area contributed by atoms with Crippen LogP contribution in [0, 0.1) is 0 Å². The van der Waals surface area contributed by atoms with Crippen molar-refractivity contribution in [3.63, 3.8) is 0 Å². The van der Waals surface area contributed by atoms with Crippen LogP contribution in [0.4, 0.5) is 0 Å². The number of alkyl halides is 1. The zero-order chi connectivity index (χ0) is 9.94. The second kappa shape index (κ2) is 9.74. The highest BCUT2D eigenvalue weighted by atomic mass is 79.9. The van der Waals surface area contributed by atoms with Gasteiger partial charge in [0.15, 0.2) is 0 Å². The van der Waals surface area contributed by atoms with E-state index in [2.05, 4.69) is 21.2 Å². The van der Waals surface area contributed by atoms with E-state index in [0.717, 1.165) is 6.08 Å². The van der Waals surface area contributed by atoms with E-state index in [4.69, 9.17) is 5.11 Å². The first kappa shape index (κ1) is 12.7. The van der Waals surface area contributed by atoms with Gasteiger partial charge in [-0.2, -0.15) is 0 Å². The lowest BCUT2D eigenvalue weighted by molar-refractivity contribution is -0.131. The molecule has 1 aliphatic rings. The topological polar surface area (TPSA) is 49.3 Å². The summed E-state index contributed by atoms with van der Waals surface area (Å²) >= 11 is 3.03. The summed E-state index contributed by atoms with van der Waals surface area (Å²) in [6.45, 7) is 2.50. The van der Waals surface area contributed by atoms with Gasteiger partial charge in [-0.3, -0.25) is 0 Å². The molecule has 0 atom stereocenters. The van der Waals surface area contributed by atoms with Gasteiger partial charge in [0.05, 0.1) is 0 Å². The molecule has 3 nitrogen and oxygen atoms in total. The van der Waals surface area contributed by atoms with Crippen molar-refractivity contribution in [2.45, 2.75) is 19.3 Å². The summed E-state index contributed by atoms with van der Waals surface area (Å²) in [4.78, 5) is 9.65. The van der Waals surface area contributed by atoms with Gasteiger partial charge in [-0.15, -0.1) is 0 Å². The summed E-state index contributed by atoms with van der Waals surface area (Å²) in [7, 11) is 0. The van der Waals surface area contributed by atoms with Gasteiger partial charge in [0.25, 0.3) is 0 Å². The van der Waals surface area contributed by atoms with Crippen LogP contribution in [0.3, 0.4) is 0 Å². The minimum atomic E-state index is -0.903. The Bertz CT molecular complexity index is 144. The number of hydrogen-bond acceptors (Lipinski definition) is 2. The molecule has 1 rings (SSSR count). The van der Waals surface area contributed by atoms with E-state index >= 15 is 0 Å². The predicted molar refractivity (Wildman–Crippen MR) is 57.3 cm³/mol. The number of nitrogens with one attached hydrogen (secondary N) is 1. The predicted octanol–water partition coefficient (Wildman–Crippen LogP) is 1.78. The molecule has 0 amide bonds. The van der Waals surface area contributed by atoms with Crippen LogP contribution < -0.4 is 5.32 Å². The minimum absolute atomic E-state index is 0.597. The summed E-state index contributed by atoms with van der Waals surface area (Å²) in [6.07, 6.45) is 6.82. The molecule has 1 saturated heterocycles. The largest absolute Gasteiger partial charge is 0.478 e. The molecule has 0 aromatic carbocycles. The van der Waals surface area contributed by atoms with Crippen LogP contribution in [0.5, 0.6) is 0 Å². The molecule has 0 bridgehead atoms. The first-order chi connectivity index (χ1) is 6.27. The van der Waals surface area contributed by atoms with Crippen molar-refractivity contribution in [3.05, 3.63) is 12.2 Å². The van der Waals surface area contributed by atoms with E-state index in [1.54, 1.807) is 0 Å². The molecule has 0 aromatic rings. The molecule has 2 N–H and O–H groups in total. The summed E-state index contributed by atoms with van der Waals surface area (Å²) in [6, 6.07) is 0. The van der Waals surface area contributed by atoms with E-state index in [1.165, 1.54) is 38.4 Å². The Balaban J connectivity index is 0.000000223. The van der Waals surface area contributed by atoms with Crippen LogP contribution in [-0.2, 0) is 4.79 Å². The van der Waals surface area contributed by atoms with Crippen molar-refractivity contribution < 1.29 is 9.90 Å². The van der Waals surface area contributed by atoms with Crippen molar-refractivity contribution in [3.8, 4) is 0 Å². The van der Waals surface area contributed by atoms with Gasteiger partial charge >= 0.3 is 5.97 Å². The molecule has 0 aliphatic carbocycles. The number of rotatable bonds is 2. The average Bonchev–Trinajstić information content (AvgIpc) is 2.18. The van der Waals surface area contributed by atoms with Crippen LogP contribution in [0.15, 0.2) is 12.2 Å². The van der Waals surface area contributed by atoms with Crippen molar-refractivity contribution in [2.24, 2.45) is 0 Å². The molecule has 0 spiro atoms. The zero-order valence-electron chi connectivity index (χ0n) is 7.63. The number of aliphatic carboxylic acids is 1. The molecule has 4 heteroatoms. The maximum Gasteiger partial charge on any atom is 0.328 e. The Kier molecular flexibility index (Phi) is 9.47. The van der Waals surface area contributed by atoms with Gasteiger partial charge in [0, 0.05) is 11.4 Å². The van der Waals surface area contributed by atoms with Crippen LogP contribution in [0.1, 0.15) is 19.3 Å². The smallest absolute Gasteiger partial charge is 0.328 e. The second-order valence-electron chi connectivity index (χ2n) is 2.71. The van der Waals surface area contributed by atoms with Gasteiger partial charge in [-0.25, -0.2) is 4.79 Å². The monoisotopic (exact) mass is 249 g/mol. The number of carboxylic acids is 1. The van der Waals surface area contributed by atoms with Gasteiger partial charge in [0.2, 0.25) is 0 Å².